The van der Waals surface area contributed by atoms with E-state index < -0.39 is 23.7 Å². The molecule has 0 unspecified atom stereocenters. The van der Waals surface area contributed by atoms with E-state index >= 15 is 0 Å². The largest absolute Gasteiger partial charge is 0.497 e. The van der Waals surface area contributed by atoms with Crippen molar-refractivity contribution in [1.82, 2.24) is 0 Å². The Hall–Kier alpha value is -1.38. The van der Waals surface area contributed by atoms with Gasteiger partial charge in [0.25, 0.3) is 0 Å². The third kappa shape index (κ3) is 2.18. The molecule has 0 N–H and O–H groups in total. The minimum atomic E-state index is -0.732. The maximum absolute atomic E-state index is 14.2. The first-order valence-corrected chi connectivity index (χ1v) is 7.28. The summed E-state index contributed by atoms with van der Waals surface area (Å²) >= 11 is 0. The van der Waals surface area contributed by atoms with Gasteiger partial charge in [0.05, 0.1) is 22.7 Å². The van der Waals surface area contributed by atoms with Gasteiger partial charge < -0.3 is 9.31 Å². The average Bonchev–Trinajstić information content (AvgIpc) is 3.14. The van der Waals surface area contributed by atoms with E-state index in [0.717, 1.165) is 18.4 Å². The van der Waals surface area contributed by atoms with Crippen LogP contribution in [0.5, 0.6) is 0 Å². The number of hydrogen-bond donors (Lipinski definition) is 0. The molecule has 1 saturated carbocycles. The van der Waals surface area contributed by atoms with Gasteiger partial charge in [0, 0.05) is 5.46 Å². The van der Waals surface area contributed by atoms with Gasteiger partial charge >= 0.3 is 7.12 Å². The van der Waals surface area contributed by atoms with Crippen LogP contribution < -0.4 is 5.46 Å². The molecule has 0 radical (unpaired) electrons. The second-order valence-corrected chi connectivity index (χ2v) is 7.02. The predicted octanol–water partition coefficient (Wildman–Crippen LogP) is 2.68. The van der Waals surface area contributed by atoms with Crippen molar-refractivity contribution in [2.75, 3.05) is 0 Å². The molecule has 1 aromatic carbocycles. The fraction of sp³-hybridized carbons (Fsp3) is 0.562. The van der Waals surface area contributed by atoms with Crippen LogP contribution in [0.3, 0.4) is 0 Å². The molecule has 2 aliphatic rings. The lowest BCUT2D eigenvalue weighted by Crippen LogP contribution is -2.41. The number of benzene rings is 1. The summed E-state index contributed by atoms with van der Waals surface area (Å²) in [6.45, 7) is 7.75. The van der Waals surface area contributed by atoms with Crippen LogP contribution in [0.15, 0.2) is 18.2 Å². The molecule has 110 valence electrons. The molecule has 3 nitrogen and oxygen atoms in total. The highest BCUT2D eigenvalue weighted by atomic mass is 19.1. The van der Waals surface area contributed by atoms with E-state index in [1.54, 1.807) is 12.1 Å². The van der Waals surface area contributed by atoms with Crippen LogP contribution in [0.25, 0.3) is 0 Å². The predicted molar refractivity (Wildman–Crippen MR) is 78.6 cm³/mol. The van der Waals surface area contributed by atoms with Crippen LogP contribution >= 0.6 is 0 Å². The summed E-state index contributed by atoms with van der Waals surface area (Å²) in [4.78, 5) is 0. The van der Waals surface area contributed by atoms with Crippen LogP contribution in [0, 0.1) is 17.1 Å². The zero-order chi connectivity index (χ0) is 15.5. The standard InChI is InChI=1S/C16H19BFNO2/c1-14(2)15(3,4)21-17(20-14)12-9-11(5-6-13(12)18)16(10-19)7-8-16/h5-6,9H,7-8H2,1-4H3. The monoisotopic (exact) mass is 287 g/mol. The molecule has 0 aromatic heterocycles. The van der Waals surface area contributed by atoms with Gasteiger partial charge in [-0.05, 0) is 52.2 Å². The van der Waals surface area contributed by atoms with Crippen molar-refractivity contribution in [3.8, 4) is 6.07 Å². The number of rotatable bonds is 2. The molecule has 1 heterocycles. The Morgan fingerprint density at radius 2 is 1.71 bits per heavy atom. The SMILES string of the molecule is CC1(C)OB(c2cc(C3(C#N)CC3)ccc2F)OC1(C)C. The highest BCUT2D eigenvalue weighted by molar-refractivity contribution is 6.62. The quantitative estimate of drug-likeness (QED) is 0.785. The van der Waals surface area contributed by atoms with E-state index in [9.17, 15) is 9.65 Å². The zero-order valence-electron chi connectivity index (χ0n) is 12.9. The van der Waals surface area contributed by atoms with Gasteiger partial charge in [0.15, 0.2) is 0 Å². The molecule has 5 heteroatoms. The van der Waals surface area contributed by atoms with Gasteiger partial charge in [-0.2, -0.15) is 5.26 Å². The second kappa shape index (κ2) is 4.31. The fourth-order valence-electron chi connectivity index (χ4n) is 2.58. The van der Waals surface area contributed by atoms with E-state index in [1.165, 1.54) is 6.07 Å². The summed E-state index contributed by atoms with van der Waals surface area (Å²) in [5.74, 6) is -0.356. The van der Waals surface area contributed by atoms with Crippen molar-refractivity contribution in [3.05, 3.63) is 29.6 Å². The number of nitriles is 1. The molecule has 3 rings (SSSR count). The Kier molecular flexibility index (Phi) is 2.99. The second-order valence-electron chi connectivity index (χ2n) is 7.02. The maximum Gasteiger partial charge on any atom is 0.497 e. The first kappa shape index (κ1) is 14.6. The van der Waals surface area contributed by atoms with Gasteiger partial charge in [0.2, 0.25) is 0 Å². The normalized spacial score (nSPS) is 24.7. The number of halogens is 1. The molecule has 21 heavy (non-hydrogen) atoms. The highest BCUT2D eigenvalue weighted by Gasteiger charge is 2.53. The Labute approximate surface area is 125 Å². The summed E-state index contributed by atoms with van der Waals surface area (Å²) in [6, 6.07) is 7.17. The fourth-order valence-corrected chi connectivity index (χ4v) is 2.58. The Morgan fingerprint density at radius 1 is 1.14 bits per heavy atom. The summed E-state index contributed by atoms with van der Waals surface area (Å²) in [5, 5.41) is 9.30. The molecule has 0 atom stereocenters. The molecule has 0 spiro atoms. The lowest BCUT2D eigenvalue weighted by Gasteiger charge is -2.32. The molecule has 0 bridgehead atoms. The number of hydrogen-bond acceptors (Lipinski definition) is 3. The molecular formula is C16H19BFNO2. The molecule has 1 aliphatic heterocycles. The van der Waals surface area contributed by atoms with Crippen molar-refractivity contribution in [1.29, 1.82) is 5.26 Å². The first-order valence-electron chi connectivity index (χ1n) is 7.28. The van der Waals surface area contributed by atoms with Gasteiger partial charge in [-0.15, -0.1) is 0 Å². The Morgan fingerprint density at radius 3 is 2.19 bits per heavy atom. The van der Waals surface area contributed by atoms with Crippen LogP contribution in [-0.4, -0.2) is 18.3 Å². The minimum absolute atomic E-state index is 0.356. The van der Waals surface area contributed by atoms with Gasteiger partial charge in [-0.3, -0.25) is 0 Å². The molecule has 1 aromatic rings. The summed E-state index contributed by atoms with van der Waals surface area (Å²) in [7, 11) is -0.732. The smallest absolute Gasteiger partial charge is 0.399 e. The Balaban J connectivity index is 1.97. The summed E-state index contributed by atoms with van der Waals surface area (Å²) in [5.41, 5.74) is -0.213. The van der Waals surface area contributed by atoms with Gasteiger partial charge in [-0.25, -0.2) is 4.39 Å². The van der Waals surface area contributed by atoms with Crippen molar-refractivity contribution in [2.24, 2.45) is 0 Å². The van der Waals surface area contributed by atoms with Crippen LogP contribution in [0.2, 0.25) is 0 Å². The number of nitrogens with zero attached hydrogens (tertiary/aromatic N) is 1. The summed E-state index contributed by atoms with van der Waals surface area (Å²) < 4.78 is 26.0. The first-order chi connectivity index (χ1) is 9.71. The zero-order valence-corrected chi connectivity index (χ0v) is 12.9. The molecule has 1 saturated heterocycles. The van der Waals surface area contributed by atoms with Gasteiger partial charge in [-0.1, -0.05) is 12.1 Å². The van der Waals surface area contributed by atoms with E-state index in [-0.39, 0.29) is 5.82 Å². The topological polar surface area (TPSA) is 42.2 Å². The highest BCUT2D eigenvalue weighted by Crippen LogP contribution is 2.47. The van der Waals surface area contributed by atoms with Crippen molar-refractivity contribution < 1.29 is 13.7 Å². The van der Waals surface area contributed by atoms with Crippen LogP contribution in [-0.2, 0) is 14.7 Å². The average molecular weight is 287 g/mol. The van der Waals surface area contributed by atoms with Crippen LogP contribution in [0.4, 0.5) is 4.39 Å². The van der Waals surface area contributed by atoms with Crippen molar-refractivity contribution in [3.63, 3.8) is 0 Å². The Bertz CT molecular complexity index is 616. The molecule has 1 aliphatic carbocycles. The lowest BCUT2D eigenvalue weighted by atomic mass is 9.76. The van der Waals surface area contributed by atoms with E-state index in [0.29, 0.717) is 5.46 Å². The third-order valence-corrected chi connectivity index (χ3v) is 5.02. The molecular weight excluding hydrogens is 268 g/mol. The van der Waals surface area contributed by atoms with Crippen molar-refractivity contribution >= 4 is 12.6 Å². The lowest BCUT2D eigenvalue weighted by molar-refractivity contribution is 0.00578. The third-order valence-electron chi connectivity index (χ3n) is 5.02. The van der Waals surface area contributed by atoms with E-state index in [1.807, 2.05) is 27.7 Å². The molecule has 0 amide bonds. The van der Waals surface area contributed by atoms with E-state index in [4.69, 9.17) is 9.31 Å². The minimum Gasteiger partial charge on any atom is -0.399 e. The summed E-state index contributed by atoms with van der Waals surface area (Å²) in [6.07, 6.45) is 1.66. The van der Waals surface area contributed by atoms with E-state index in [2.05, 4.69) is 6.07 Å². The van der Waals surface area contributed by atoms with Crippen LogP contribution in [0.1, 0.15) is 46.1 Å². The van der Waals surface area contributed by atoms with Crippen molar-refractivity contribution in [2.45, 2.75) is 57.2 Å². The molecule has 2 fully saturated rings. The van der Waals surface area contributed by atoms with Gasteiger partial charge in [0.1, 0.15) is 5.82 Å². The maximum atomic E-state index is 14.2.